The van der Waals surface area contributed by atoms with Crippen molar-refractivity contribution in [2.75, 3.05) is 20.8 Å². The summed E-state index contributed by atoms with van der Waals surface area (Å²) in [5.41, 5.74) is 2.57. The Morgan fingerprint density at radius 1 is 1.08 bits per heavy atom. The molecule has 9 heteroatoms. The Bertz CT molecular complexity index is 1200. The number of carbonyl (C=O) groups is 3. The lowest BCUT2D eigenvalue weighted by Crippen LogP contribution is -2.58. The highest BCUT2D eigenvalue weighted by Gasteiger charge is 2.57. The molecule has 0 aliphatic carbocycles. The van der Waals surface area contributed by atoms with Gasteiger partial charge in [0.1, 0.15) is 17.5 Å². The Labute approximate surface area is 222 Å². The first-order chi connectivity index (χ1) is 17.6. The number of nitrogens with zero attached hydrogens (tertiary/aromatic N) is 1. The van der Waals surface area contributed by atoms with Crippen LogP contribution in [0.4, 0.5) is 0 Å². The molecule has 3 atom stereocenters. The van der Waals surface area contributed by atoms with Crippen molar-refractivity contribution in [3.8, 4) is 11.5 Å². The van der Waals surface area contributed by atoms with Gasteiger partial charge in [-0.1, -0.05) is 38.1 Å². The maximum Gasteiger partial charge on any atom is 0.256 e. The van der Waals surface area contributed by atoms with Crippen LogP contribution in [-0.4, -0.2) is 60.2 Å². The number of benzene rings is 2. The van der Waals surface area contributed by atoms with Crippen molar-refractivity contribution < 1.29 is 23.9 Å². The molecule has 0 aromatic heterocycles. The standard InChI is InChI=1S/C28H35N3O5S/c1-16(2)22(24(32)29-14-13-17-11-12-20(35-5)21(15-17)36-6)30-25(33)23-28(3,4)37-27-19-10-8-7-9-18(19)26(34)31(23)27/h7-12,15-16,22-23,27H,13-14H2,1-6H3,(H,29,32)(H,30,33)/t22-,23+,27+/m0/s1. The molecule has 4 rings (SSSR count). The van der Waals surface area contributed by atoms with E-state index in [1.807, 2.05) is 64.1 Å². The third-order valence-electron chi connectivity index (χ3n) is 6.95. The van der Waals surface area contributed by atoms with E-state index < -0.39 is 16.8 Å². The SMILES string of the molecule is COc1ccc(CCNC(=O)[C@@H](NC(=O)[C@H]2N3C(=O)c4ccccc4[C@H]3SC2(C)C)C(C)C)cc1OC. The van der Waals surface area contributed by atoms with Crippen molar-refractivity contribution in [1.82, 2.24) is 15.5 Å². The van der Waals surface area contributed by atoms with Crippen LogP contribution in [0.5, 0.6) is 11.5 Å². The largest absolute Gasteiger partial charge is 0.493 e. The summed E-state index contributed by atoms with van der Waals surface area (Å²) in [6, 6.07) is 11.7. The Balaban J connectivity index is 1.42. The molecular formula is C28H35N3O5S. The van der Waals surface area contributed by atoms with Gasteiger partial charge >= 0.3 is 0 Å². The second-order valence-corrected chi connectivity index (χ2v) is 12.0. The average molecular weight is 526 g/mol. The molecule has 0 spiro atoms. The molecule has 1 fully saturated rings. The third kappa shape index (κ3) is 5.14. The maximum absolute atomic E-state index is 13.6. The molecule has 2 aromatic rings. The van der Waals surface area contributed by atoms with E-state index in [1.54, 1.807) is 36.9 Å². The van der Waals surface area contributed by atoms with Crippen LogP contribution in [-0.2, 0) is 16.0 Å². The predicted molar refractivity (Wildman–Crippen MR) is 144 cm³/mol. The molecule has 0 saturated carbocycles. The smallest absolute Gasteiger partial charge is 0.256 e. The van der Waals surface area contributed by atoms with Gasteiger partial charge in [0.05, 0.1) is 14.2 Å². The second kappa shape index (κ2) is 10.7. The third-order valence-corrected chi connectivity index (χ3v) is 8.49. The first kappa shape index (κ1) is 26.9. The minimum Gasteiger partial charge on any atom is -0.493 e. The Hall–Kier alpha value is -3.20. The lowest BCUT2D eigenvalue weighted by molar-refractivity contribution is -0.132. The normalized spacial score (nSPS) is 20.3. The zero-order valence-corrected chi connectivity index (χ0v) is 23.0. The molecule has 2 aromatic carbocycles. The first-order valence-corrected chi connectivity index (χ1v) is 13.4. The minimum atomic E-state index is -0.724. The van der Waals surface area contributed by atoms with E-state index in [0.29, 0.717) is 30.0 Å². The van der Waals surface area contributed by atoms with E-state index in [0.717, 1.165) is 11.1 Å². The van der Waals surface area contributed by atoms with Crippen LogP contribution in [0.15, 0.2) is 42.5 Å². The van der Waals surface area contributed by atoms with Gasteiger partial charge < -0.3 is 25.0 Å². The summed E-state index contributed by atoms with van der Waals surface area (Å²) in [6.45, 7) is 8.15. The number of nitrogens with one attached hydrogen (secondary N) is 2. The molecular weight excluding hydrogens is 490 g/mol. The fraction of sp³-hybridized carbons (Fsp3) is 0.464. The van der Waals surface area contributed by atoms with E-state index in [9.17, 15) is 14.4 Å². The van der Waals surface area contributed by atoms with E-state index >= 15 is 0 Å². The van der Waals surface area contributed by atoms with E-state index in [4.69, 9.17) is 9.47 Å². The number of ether oxygens (including phenoxy) is 2. The Morgan fingerprint density at radius 2 is 1.78 bits per heavy atom. The summed E-state index contributed by atoms with van der Waals surface area (Å²) in [4.78, 5) is 41.7. The van der Waals surface area contributed by atoms with Gasteiger partial charge in [-0.3, -0.25) is 14.4 Å². The molecule has 2 aliphatic rings. The van der Waals surface area contributed by atoms with Crippen molar-refractivity contribution in [1.29, 1.82) is 0 Å². The molecule has 2 heterocycles. The predicted octanol–water partition coefficient (Wildman–Crippen LogP) is 3.55. The van der Waals surface area contributed by atoms with Crippen LogP contribution in [0.25, 0.3) is 0 Å². The fourth-order valence-electron chi connectivity index (χ4n) is 5.05. The van der Waals surface area contributed by atoms with Crippen molar-refractivity contribution >= 4 is 29.5 Å². The summed E-state index contributed by atoms with van der Waals surface area (Å²) < 4.78 is 10.1. The van der Waals surface area contributed by atoms with Gasteiger partial charge in [-0.05, 0) is 55.5 Å². The summed E-state index contributed by atoms with van der Waals surface area (Å²) in [6.07, 6.45) is 0.597. The number of amides is 3. The maximum atomic E-state index is 13.6. The molecule has 1 saturated heterocycles. The van der Waals surface area contributed by atoms with Crippen molar-refractivity contribution in [2.24, 2.45) is 5.92 Å². The van der Waals surface area contributed by atoms with Crippen LogP contribution in [0.1, 0.15) is 54.6 Å². The lowest BCUT2D eigenvalue weighted by Gasteiger charge is -2.32. The average Bonchev–Trinajstić information content (AvgIpc) is 3.30. The molecule has 2 N–H and O–H groups in total. The number of fused-ring (bicyclic) bond motifs is 3. The molecule has 2 aliphatic heterocycles. The number of carbonyl (C=O) groups excluding carboxylic acids is 3. The number of thioether (sulfide) groups is 1. The van der Waals surface area contributed by atoms with Crippen LogP contribution < -0.4 is 20.1 Å². The highest BCUT2D eigenvalue weighted by atomic mass is 32.2. The van der Waals surface area contributed by atoms with Gasteiger partial charge in [-0.15, -0.1) is 11.8 Å². The van der Waals surface area contributed by atoms with Gasteiger partial charge in [0.25, 0.3) is 5.91 Å². The summed E-state index contributed by atoms with van der Waals surface area (Å²) in [5, 5.41) is 5.71. The molecule has 0 bridgehead atoms. The van der Waals surface area contributed by atoms with E-state index in [2.05, 4.69) is 10.6 Å². The van der Waals surface area contributed by atoms with Gasteiger partial charge in [0.2, 0.25) is 11.8 Å². The first-order valence-electron chi connectivity index (χ1n) is 12.5. The van der Waals surface area contributed by atoms with Gasteiger partial charge in [-0.25, -0.2) is 0 Å². The molecule has 198 valence electrons. The van der Waals surface area contributed by atoms with Crippen LogP contribution in [0, 0.1) is 5.92 Å². The Kier molecular flexibility index (Phi) is 7.73. The van der Waals surface area contributed by atoms with Crippen LogP contribution in [0.2, 0.25) is 0 Å². The van der Waals surface area contributed by atoms with Crippen LogP contribution in [0.3, 0.4) is 0 Å². The fourth-order valence-corrected chi connectivity index (χ4v) is 6.64. The summed E-state index contributed by atoms with van der Waals surface area (Å²) >= 11 is 1.61. The quantitative estimate of drug-likeness (QED) is 0.520. The zero-order chi connectivity index (χ0) is 26.9. The number of hydrogen-bond acceptors (Lipinski definition) is 6. The van der Waals surface area contributed by atoms with Gasteiger partial charge in [0, 0.05) is 16.9 Å². The minimum absolute atomic E-state index is 0.135. The zero-order valence-electron chi connectivity index (χ0n) is 22.2. The number of rotatable bonds is 9. The lowest BCUT2D eigenvalue weighted by atomic mass is 9.98. The number of methoxy groups -OCH3 is 2. The molecule has 0 radical (unpaired) electrons. The van der Waals surface area contributed by atoms with Crippen molar-refractivity contribution in [3.63, 3.8) is 0 Å². The highest BCUT2D eigenvalue weighted by Crippen LogP contribution is 2.56. The summed E-state index contributed by atoms with van der Waals surface area (Å²) in [5.74, 6) is 0.443. The van der Waals surface area contributed by atoms with Gasteiger partial charge in [-0.2, -0.15) is 0 Å². The molecule has 3 amide bonds. The molecule has 37 heavy (non-hydrogen) atoms. The number of hydrogen-bond donors (Lipinski definition) is 2. The van der Waals surface area contributed by atoms with Crippen molar-refractivity contribution in [2.45, 2.75) is 56.3 Å². The molecule has 0 unspecified atom stereocenters. The van der Waals surface area contributed by atoms with Crippen molar-refractivity contribution in [3.05, 3.63) is 59.2 Å². The van der Waals surface area contributed by atoms with E-state index in [1.165, 1.54) is 0 Å². The monoisotopic (exact) mass is 525 g/mol. The van der Waals surface area contributed by atoms with E-state index in [-0.39, 0.29) is 29.0 Å². The van der Waals surface area contributed by atoms with Gasteiger partial charge in [0.15, 0.2) is 11.5 Å². The highest BCUT2D eigenvalue weighted by molar-refractivity contribution is 8.01. The summed E-state index contributed by atoms with van der Waals surface area (Å²) in [7, 11) is 3.17. The Morgan fingerprint density at radius 3 is 2.46 bits per heavy atom. The molecule has 8 nitrogen and oxygen atoms in total. The van der Waals surface area contributed by atoms with Crippen LogP contribution >= 0.6 is 11.8 Å². The second-order valence-electron chi connectivity index (χ2n) is 10.2. The topological polar surface area (TPSA) is 97.0 Å².